The molecule has 0 fully saturated rings. The number of aryl methyl sites for hydroxylation is 2. The predicted molar refractivity (Wildman–Crippen MR) is 311 cm³/mol. The van der Waals surface area contributed by atoms with Crippen molar-refractivity contribution in [1.82, 2.24) is 0 Å². The number of rotatable bonds is 4. The number of fused-ring (bicyclic) bond motifs is 22. The quantitative estimate of drug-likeness (QED) is 0.176. The molecule has 0 bridgehead atoms. The fraction of sp³-hybridized carbons (Fsp3) is 0.155. The lowest BCUT2D eigenvalue weighted by molar-refractivity contribution is 0.600. The third-order valence-corrected chi connectivity index (χ3v) is 18.0. The Morgan fingerprint density at radius 1 is 0.333 bits per heavy atom. The monoisotopic (exact) mass is 967 g/mol. The van der Waals surface area contributed by atoms with Crippen LogP contribution in [0.25, 0.3) is 110 Å². The van der Waals surface area contributed by atoms with E-state index in [1.807, 2.05) is 6.07 Å². The number of anilines is 3. The van der Waals surface area contributed by atoms with Crippen LogP contribution < -0.4 is 4.90 Å². The van der Waals surface area contributed by atoms with Crippen molar-refractivity contribution in [2.24, 2.45) is 0 Å². The van der Waals surface area contributed by atoms with Gasteiger partial charge in [0.25, 0.3) is 0 Å². The van der Waals surface area contributed by atoms with Gasteiger partial charge in [0.1, 0.15) is 33.5 Å². The second-order valence-electron chi connectivity index (χ2n) is 23.3. The van der Waals surface area contributed by atoms with Crippen molar-refractivity contribution in [1.29, 1.82) is 0 Å². The molecule has 0 atom stereocenters. The van der Waals surface area contributed by atoms with Crippen LogP contribution in [0, 0.1) is 13.8 Å². The second kappa shape index (κ2) is 14.4. The van der Waals surface area contributed by atoms with Gasteiger partial charge in [0.2, 0.25) is 0 Å². The van der Waals surface area contributed by atoms with E-state index in [1.54, 1.807) is 0 Å². The molecule has 3 aliphatic rings. The van der Waals surface area contributed by atoms with Gasteiger partial charge in [-0.15, -0.1) is 0 Å². The maximum absolute atomic E-state index is 7.02. The second-order valence-corrected chi connectivity index (χ2v) is 23.3. The van der Waals surface area contributed by atoms with Crippen molar-refractivity contribution in [2.75, 3.05) is 4.90 Å². The third kappa shape index (κ3) is 5.46. The standard InChI is InChI=1S/C71H53NO3/c1-38-25-29-43(39(2)33-38)51-37-55-60(62-49-19-11-15-23-57(49)74-67(51)62)47-31-27-40(34-53(47)69(55,3)4)72(42-26-30-45-44-17-10-14-22-56(44)73-59(45)36-42)41-28-32-48-54(35-41)71(7,8)65-61(48)63-50-20-12-16-24-58(50)75-68(63)64-46-18-9-13-21-52(46)70(5,6)66(64)65/h9-37H,1-8H3. The molecule has 13 aromatic rings. The molecule has 16 rings (SSSR count). The van der Waals surface area contributed by atoms with E-state index in [-0.39, 0.29) is 16.2 Å². The highest BCUT2D eigenvalue weighted by atomic mass is 16.3. The number of para-hydroxylation sites is 3. The fourth-order valence-electron chi connectivity index (χ4n) is 14.5. The number of furan rings is 3. The summed E-state index contributed by atoms with van der Waals surface area (Å²) < 4.78 is 20.6. The first-order chi connectivity index (χ1) is 36.3. The van der Waals surface area contributed by atoms with Crippen molar-refractivity contribution < 1.29 is 13.3 Å². The van der Waals surface area contributed by atoms with E-state index in [4.69, 9.17) is 13.3 Å². The molecular formula is C71H53NO3. The normalized spacial score (nSPS) is 15.3. The van der Waals surface area contributed by atoms with Crippen LogP contribution in [-0.4, -0.2) is 0 Å². The molecule has 4 heteroatoms. The summed E-state index contributed by atoms with van der Waals surface area (Å²) in [5.41, 5.74) is 28.2. The lowest BCUT2D eigenvalue weighted by atomic mass is 9.72. The number of hydrogen-bond donors (Lipinski definition) is 0. The molecule has 0 saturated heterocycles. The summed E-state index contributed by atoms with van der Waals surface area (Å²) in [6.45, 7) is 18.9. The molecule has 0 radical (unpaired) electrons. The highest BCUT2D eigenvalue weighted by Gasteiger charge is 2.49. The topological polar surface area (TPSA) is 42.7 Å². The third-order valence-electron chi connectivity index (χ3n) is 18.0. The van der Waals surface area contributed by atoms with Crippen molar-refractivity contribution >= 4 is 82.9 Å². The van der Waals surface area contributed by atoms with Gasteiger partial charge >= 0.3 is 0 Å². The Balaban J connectivity index is 0.934. The average Bonchev–Trinajstić information content (AvgIpc) is 4.41. The molecule has 0 aliphatic heterocycles. The van der Waals surface area contributed by atoms with Gasteiger partial charge in [-0.1, -0.05) is 156 Å². The van der Waals surface area contributed by atoms with Crippen LogP contribution >= 0.6 is 0 Å². The summed E-state index contributed by atoms with van der Waals surface area (Å²) in [6, 6.07) is 64.9. The van der Waals surface area contributed by atoms with Crippen molar-refractivity contribution in [3.63, 3.8) is 0 Å². The molecule has 0 spiro atoms. The maximum Gasteiger partial charge on any atom is 0.144 e. The minimum Gasteiger partial charge on any atom is -0.456 e. The van der Waals surface area contributed by atoms with Crippen molar-refractivity contribution in [3.8, 4) is 44.5 Å². The first-order valence-corrected chi connectivity index (χ1v) is 26.5. The summed E-state index contributed by atoms with van der Waals surface area (Å²) in [5.74, 6) is 0. The summed E-state index contributed by atoms with van der Waals surface area (Å²) in [7, 11) is 0. The largest absolute Gasteiger partial charge is 0.456 e. The van der Waals surface area contributed by atoms with Gasteiger partial charge in [-0.05, 0) is 147 Å². The fourth-order valence-corrected chi connectivity index (χ4v) is 14.5. The van der Waals surface area contributed by atoms with Crippen LogP contribution in [0.1, 0.15) is 86.1 Å². The molecular weight excluding hydrogens is 915 g/mol. The SMILES string of the molecule is Cc1ccc(-c2cc3c(c4c2oc2ccccc24)-c2ccc(N(c4ccc5c(c4)C(C)(C)c4c6c(c7oc8ccccc8c7c4-5)-c4ccccc4C6(C)C)c4ccc5c(c4)oc4ccccc45)cc2C3(C)C)c(C)c1. The van der Waals surface area contributed by atoms with Crippen LogP contribution in [0.15, 0.2) is 189 Å². The molecule has 3 aliphatic carbocycles. The first kappa shape index (κ1) is 42.9. The Hall–Kier alpha value is -8.60. The van der Waals surface area contributed by atoms with Gasteiger partial charge in [0, 0.05) is 82.8 Å². The van der Waals surface area contributed by atoms with E-state index in [0.29, 0.717) is 0 Å². The van der Waals surface area contributed by atoms with E-state index < -0.39 is 0 Å². The van der Waals surface area contributed by atoms with Gasteiger partial charge in [-0.25, -0.2) is 0 Å². The van der Waals surface area contributed by atoms with Gasteiger partial charge in [0.15, 0.2) is 0 Å². The molecule has 0 N–H and O–H groups in total. The molecule has 360 valence electrons. The van der Waals surface area contributed by atoms with Crippen LogP contribution in [0.4, 0.5) is 17.1 Å². The highest BCUT2D eigenvalue weighted by Crippen LogP contribution is 2.64. The lowest BCUT2D eigenvalue weighted by Crippen LogP contribution is -2.24. The molecule has 0 amide bonds. The summed E-state index contributed by atoms with van der Waals surface area (Å²) in [5, 5.41) is 6.92. The van der Waals surface area contributed by atoms with E-state index >= 15 is 0 Å². The number of hydrogen-bond acceptors (Lipinski definition) is 4. The van der Waals surface area contributed by atoms with Crippen LogP contribution in [0.5, 0.6) is 0 Å². The Kier molecular flexibility index (Phi) is 8.21. The summed E-state index contributed by atoms with van der Waals surface area (Å²) >= 11 is 0. The van der Waals surface area contributed by atoms with Gasteiger partial charge in [-0.2, -0.15) is 0 Å². The lowest BCUT2D eigenvalue weighted by Gasteiger charge is -2.32. The van der Waals surface area contributed by atoms with Crippen molar-refractivity contribution in [2.45, 2.75) is 71.6 Å². The van der Waals surface area contributed by atoms with Crippen LogP contribution in [0.3, 0.4) is 0 Å². The van der Waals surface area contributed by atoms with E-state index in [1.165, 1.54) is 94.2 Å². The molecule has 3 heterocycles. The Morgan fingerprint density at radius 3 is 1.55 bits per heavy atom. The van der Waals surface area contributed by atoms with Crippen molar-refractivity contribution in [3.05, 3.63) is 220 Å². The van der Waals surface area contributed by atoms with E-state index in [2.05, 4.69) is 230 Å². The maximum atomic E-state index is 7.02. The molecule has 3 aromatic heterocycles. The minimum absolute atomic E-state index is 0.248. The number of nitrogens with zero attached hydrogens (tertiary/aromatic N) is 1. The zero-order valence-corrected chi connectivity index (χ0v) is 43.4. The van der Waals surface area contributed by atoms with Crippen LogP contribution in [0.2, 0.25) is 0 Å². The van der Waals surface area contributed by atoms with Gasteiger partial charge < -0.3 is 18.2 Å². The Bertz CT molecular complexity index is 4720. The summed E-state index contributed by atoms with van der Waals surface area (Å²) in [6.07, 6.45) is 0. The summed E-state index contributed by atoms with van der Waals surface area (Å²) in [4.78, 5) is 2.46. The molecule has 0 saturated carbocycles. The predicted octanol–water partition coefficient (Wildman–Crippen LogP) is 20.1. The number of benzene rings is 10. The molecule has 75 heavy (non-hydrogen) atoms. The zero-order valence-electron chi connectivity index (χ0n) is 43.4. The van der Waals surface area contributed by atoms with Crippen LogP contribution in [-0.2, 0) is 16.2 Å². The molecule has 4 nitrogen and oxygen atoms in total. The van der Waals surface area contributed by atoms with E-state index in [9.17, 15) is 0 Å². The smallest absolute Gasteiger partial charge is 0.144 e. The highest BCUT2D eigenvalue weighted by molar-refractivity contribution is 6.22. The Morgan fingerprint density at radius 2 is 0.840 bits per heavy atom. The minimum atomic E-state index is -0.362. The first-order valence-electron chi connectivity index (χ1n) is 26.5. The van der Waals surface area contributed by atoms with Gasteiger partial charge in [-0.3, -0.25) is 0 Å². The zero-order chi connectivity index (χ0) is 50.6. The van der Waals surface area contributed by atoms with E-state index in [0.717, 1.165) is 77.7 Å². The molecule has 10 aromatic carbocycles. The molecule has 0 unspecified atom stereocenters. The average molecular weight is 968 g/mol. The Labute approximate surface area is 435 Å². The van der Waals surface area contributed by atoms with Gasteiger partial charge in [0.05, 0.1) is 0 Å².